The number of hydrogen-bond donors (Lipinski definition) is 3. The average molecular weight is 414 g/mol. The molecule has 0 saturated heterocycles. The van der Waals surface area contributed by atoms with Crippen LogP contribution >= 0.6 is 12.1 Å². The molecule has 0 atom stereocenters. The number of nitrogens with zero attached hydrogens (tertiary/aromatic N) is 2. The molecule has 3 rings (SSSR count). The summed E-state index contributed by atoms with van der Waals surface area (Å²) in [5.41, 5.74) is 5.63. The number of allylic oxidation sites excluding steroid dienone is 1. The summed E-state index contributed by atoms with van der Waals surface area (Å²) in [5, 5.41) is 0. The fraction of sp³-hybridized carbons (Fsp3) is 0.286. The molecule has 0 fully saturated rings. The molecule has 1 aliphatic rings. The van der Waals surface area contributed by atoms with E-state index in [1.807, 2.05) is 36.5 Å². The maximum Gasteiger partial charge on any atom is 0.162 e. The number of methoxy groups -OCH3 is 2. The number of aliphatic imine (C=N–C) groups is 1. The summed E-state index contributed by atoms with van der Waals surface area (Å²) >= 11 is 1.24. The number of nitrogens with one attached hydrogen (secondary N) is 2. The topological polar surface area (TPSA) is 84.1 Å². The Labute approximate surface area is 176 Å². The second-order valence-electron chi connectivity index (χ2n) is 6.60. The summed E-state index contributed by atoms with van der Waals surface area (Å²) in [6, 6.07) is 14.0. The van der Waals surface area contributed by atoms with Gasteiger partial charge in [0, 0.05) is 48.9 Å². The summed E-state index contributed by atoms with van der Waals surface area (Å²) in [5.74, 6) is 6.63. The Balaban J connectivity index is 1.65. The Morgan fingerprint density at radius 3 is 2.59 bits per heavy atom. The summed E-state index contributed by atoms with van der Waals surface area (Å²) in [6.07, 6.45) is 2.95. The summed E-state index contributed by atoms with van der Waals surface area (Å²) in [6.45, 7) is 4.02. The molecule has 0 amide bonds. The minimum absolute atomic E-state index is 0.680. The monoisotopic (exact) mass is 413 g/mol. The lowest BCUT2D eigenvalue weighted by atomic mass is 10.2. The molecular weight excluding hydrogens is 386 g/mol. The van der Waals surface area contributed by atoms with Gasteiger partial charge in [0.1, 0.15) is 0 Å². The van der Waals surface area contributed by atoms with E-state index in [2.05, 4.69) is 38.5 Å². The van der Waals surface area contributed by atoms with E-state index in [-0.39, 0.29) is 0 Å². The van der Waals surface area contributed by atoms with Gasteiger partial charge in [0.15, 0.2) is 11.5 Å². The maximum atomic E-state index is 5.35. The van der Waals surface area contributed by atoms with Gasteiger partial charge in [0.25, 0.3) is 0 Å². The molecule has 0 radical (unpaired) electrons. The molecule has 2 aromatic carbocycles. The van der Waals surface area contributed by atoms with Gasteiger partial charge in [-0.3, -0.25) is 10.8 Å². The lowest BCUT2D eigenvalue weighted by Crippen LogP contribution is -2.17. The van der Waals surface area contributed by atoms with Gasteiger partial charge in [-0.05, 0) is 48.7 Å². The van der Waals surface area contributed by atoms with E-state index in [9.17, 15) is 0 Å². The van der Waals surface area contributed by atoms with Gasteiger partial charge in [-0.2, -0.15) is 4.83 Å². The van der Waals surface area contributed by atoms with Crippen molar-refractivity contribution in [3.63, 3.8) is 0 Å². The van der Waals surface area contributed by atoms with E-state index >= 15 is 0 Å². The number of hydrogen-bond acceptors (Lipinski definition) is 8. The van der Waals surface area contributed by atoms with E-state index in [0.29, 0.717) is 11.5 Å². The van der Waals surface area contributed by atoms with Crippen LogP contribution in [0.1, 0.15) is 18.9 Å². The van der Waals surface area contributed by atoms with Crippen molar-refractivity contribution >= 4 is 29.7 Å². The Bertz CT molecular complexity index is 883. The van der Waals surface area contributed by atoms with Crippen molar-refractivity contribution in [2.45, 2.75) is 19.9 Å². The first-order valence-electron chi connectivity index (χ1n) is 9.31. The van der Waals surface area contributed by atoms with Crippen molar-refractivity contribution in [2.24, 2.45) is 10.8 Å². The van der Waals surface area contributed by atoms with Gasteiger partial charge in [-0.15, -0.1) is 0 Å². The van der Waals surface area contributed by atoms with Crippen molar-refractivity contribution in [1.82, 2.24) is 9.73 Å². The van der Waals surface area contributed by atoms with Crippen LogP contribution < -0.4 is 24.9 Å². The molecule has 1 aliphatic heterocycles. The SMILES string of the molecule is COc1ccc(N=CC2=C(C)N(Cc3ccc(NSNN)cc3)CC2)cc1OC. The van der Waals surface area contributed by atoms with Gasteiger partial charge in [0.2, 0.25) is 0 Å². The zero-order valence-corrected chi connectivity index (χ0v) is 17.8. The molecule has 0 aromatic heterocycles. The van der Waals surface area contributed by atoms with Crippen molar-refractivity contribution in [2.75, 3.05) is 25.5 Å². The molecular formula is C21H27N5O2S. The third kappa shape index (κ3) is 5.44. The molecule has 0 saturated carbocycles. The van der Waals surface area contributed by atoms with Crippen molar-refractivity contribution < 1.29 is 9.47 Å². The van der Waals surface area contributed by atoms with Crippen molar-refractivity contribution in [3.05, 3.63) is 59.3 Å². The number of hydrazine groups is 1. The fourth-order valence-electron chi connectivity index (χ4n) is 3.21. The molecule has 29 heavy (non-hydrogen) atoms. The van der Waals surface area contributed by atoms with Crippen molar-refractivity contribution in [3.8, 4) is 11.5 Å². The highest BCUT2D eigenvalue weighted by molar-refractivity contribution is 7.98. The van der Waals surface area contributed by atoms with E-state index in [1.54, 1.807) is 14.2 Å². The lowest BCUT2D eigenvalue weighted by Gasteiger charge is -2.20. The summed E-state index contributed by atoms with van der Waals surface area (Å²) in [7, 11) is 3.26. The molecule has 8 heteroatoms. The maximum absolute atomic E-state index is 5.35. The molecule has 1 heterocycles. The van der Waals surface area contributed by atoms with Crippen LogP contribution in [0.2, 0.25) is 0 Å². The number of rotatable bonds is 9. The molecule has 2 aromatic rings. The summed E-state index contributed by atoms with van der Waals surface area (Å²) < 4.78 is 13.7. The zero-order valence-electron chi connectivity index (χ0n) is 16.9. The minimum Gasteiger partial charge on any atom is -0.493 e. The molecule has 7 nitrogen and oxygen atoms in total. The molecule has 0 aliphatic carbocycles. The molecule has 0 bridgehead atoms. The van der Waals surface area contributed by atoms with Gasteiger partial charge < -0.3 is 19.1 Å². The second kappa shape index (κ2) is 10.2. The molecule has 4 N–H and O–H groups in total. The van der Waals surface area contributed by atoms with Crippen LogP contribution in [0, 0.1) is 0 Å². The third-order valence-corrected chi connectivity index (χ3v) is 5.34. The Morgan fingerprint density at radius 2 is 1.90 bits per heavy atom. The smallest absolute Gasteiger partial charge is 0.162 e. The third-order valence-electron chi connectivity index (χ3n) is 4.88. The highest BCUT2D eigenvalue weighted by Crippen LogP contribution is 2.31. The number of anilines is 1. The highest BCUT2D eigenvalue weighted by Gasteiger charge is 2.18. The van der Waals surface area contributed by atoms with Crippen LogP contribution in [0.25, 0.3) is 0 Å². The van der Waals surface area contributed by atoms with Crippen LogP contribution in [0.15, 0.2) is 58.7 Å². The first kappa shape index (κ1) is 21.0. The van der Waals surface area contributed by atoms with Crippen LogP contribution in [-0.2, 0) is 6.54 Å². The quantitative estimate of drug-likeness (QED) is 0.248. The van der Waals surface area contributed by atoms with Gasteiger partial charge in [-0.1, -0.05) is 12.1 Å². The van der Waals surface area contributed by atoms with Crippen molar-refractivity contribution in [1.29, 1.82) is 0 Å². The van der Waals surface area contributed by atoms with Crippen LogP contribution in [0.5, 0.6) is 11.5 Å². The van der Waals surface area contributed by atoms with Gasteiger partial charge in [-0.25, -0.2) is 0 Å². The van der Waals surface area contributed by atoms with Crippen LogP contribution in [0.3, 0.4) is 0 Å². The zero-order chi connectivity index (χ0) is 20.6. The largest absolute Gasteiger partial charge is 0.493 e. The van der Waals surface area contributed by atoms with Gasteiger partial charge in [0.05, 0.1) is 19.9 Å². The Morgan fingerprint density at radius 1 is 1.14 bits per heavy atom. The Kier molecular flexibility index (Phi) is 7.40. The number of nitrogens with two attached hydrogens (primary N) is 1. The number of benzene rings is 2. The first-order chi connectivity index (χ1) is 14.1. The van der Waals surface area contributed by atoms with Gasteiger partial charge >= 0.3 is 0 Å². The highest BCUT2D eigenvalue weighted by atomic mass is 32.2. The first-order valence-corrected chi connectivity index (χ1v) is 10.1. The standard InChI is InChI=1S/C21H27N5O2S/c1-15-17(13-23-19-8-9-20(27-2)21(12-19)28-3)10-11-26(15)14-16-4-6-18(7-5-16)24-29-25-22/h4-9,12-13,24-25H,10-11,14,22H2,1-3H3. The molecule has 0 spiro atoms. The van der Waals surface area contributed by atoms with Crippen LogP contribution in [-0.4, -0.2) is 31.9 Å². The van der Waals surface area contributed by atoms with E-state index < -0.39 is 0 Å². The van der Waals surface area contributed by atoms with E-state index in [4.69, 9.17) is 15.3 Å². The lowest BCUT2D eigenvalue weighted by molar-refractivity contribution is 0.355. The van der Waals surface area contributed by atoms with E-state index in [1.165, 1.54) is 29.0 Å². The average Bonchev–Trinajstić information content (AvgIpc) is 3.10. The Hall–Kier alpha value is -2.68. The second-order valence-corrected chi connectivity index (χ2v) is 7.24. The fourth-order valence-corrected chi connectivity index (χ4v) is 3.52. The predicted octanol–water partition coefficient (Wildman–Crippen LogP) is 4.02. The van der Waals surface area contributed by atoms with Crippen LogP contribution in [0.4, 0.5) is 11.4 Å². The normalized spacial score (nSPS) is 14.0. The minimum atomic E-state index is 0.680. The molecule has 0 unspecified atom stereocenters. The number of ether oxygens (including phenoxy) is 2. The van der Waals surface area contributed by atoms with E-state index in [0.717, 1.165) is 30.9 Å². The predicted molar refractivity (Wildman–Crippen MR) is 120 cm³/mol. The molecule has 154 valence electrons. The summed E-state index contributed by atoms with van der Waals surface area (Å²) in [4.78, 5) is 9.52.